The number of amides is 1. The molecular formula is C17H18F3N2O+. The van der Waals surface area contributed by atoms with Gasteiger partial charge in [0, 0.05) is 25.5 Å². The summed E-state index contributed by atoms with van der Waals surface area (Å²) >= 11 is 0. The van der Waals surface area contributed by atoms with Gasteiger partial charge in [-0.2, -0.15) is 4.57 Å². The SMILES string of the molecule is CCc1ccc(C)[n+]([C@@H](C)C(=O)Nc2ccc(F)c(F)c2F)c1. The standard InChI is InChI=1S/C17H17F3N2O/c1-4-12-6-5-10(2)22(9-12)11(3)17(23)21-14-8-7-13(18)15(19)16(14)20/h5-9,11H,4H2,1-3H3/p+1/t11-/m0/s1. The lowest BCUT2D eigenvalue weighted by Crippen LogP contribution is -2.47. The summed E-state index contributed by atoms with van der Waals surface area (Å²) in [7, 11) is 0. The van der Waals surface area contributed by atoms with Crippen LogP contribution in [0.15, 0.2) is 30.5 Å². The molecule has 0 unspecified atom stereocenters. The lowest BCUT2D eigenvalue weighted by Gasteiger charge is -2.12. The molecule has 1 heterocycles. The lowest BCUT2D eigenvalue weighted by atomic mass is 10.1. The molecular weight excluding hydrogens is 305 g/mol. The van der Waals surface area contributed by atoms with E-state index in [0.29, 0.717) is 0 Å². The molecule has 0 aliphatic heterocycles. The Bertz CT molecular complexity index is 747. The molecule has 2 rings (SSSR count). The highest BCUT2D eigenvalue weighted by Gasteiger charge is 2.26. The van der Waals surface area contributed by atoms with Crippen LogP contribution in [-0.4, -0.2) is 5.91 Å². The zero-order valence-electron chi connectivity index (χ0n) is 13.2. The van der Waals surface area contributed by atoms with Crippen molar-refractivity contribution in [2.24, 2.45) is 0 Å². The first-order chi connectivity index (χ1) is 10.8. The number of halogens is 3. The molecule has 1 aromatic heterocycles. The third-order valence-electron chi connectivity index (χ3n) is 3.75. The van der Waals surface area contributed by atoms with Crippen molar-refractivity contribution < 1.29 is 22.5 Å². The third-order valence-corrected chi connectivity index (χ3v) is 3.75. The molecule has 6 heteroatoms. The number of nitrogens with one attached hydrogen (secondary N) is 1. The molecule has 0 aliphatic carbocycles. The van der Waals surface area contributed by atoms with Crippen LogP contribution in [-0.2, 0) is 11.2 Å². The van der Waals surface area contributed by atoms with Gasteiger partial charge in [-0.25, -0.2) is 13.2 Å². The van der Waals surface area contributed by atoms with Gasteiger partial charge in [0.15, 0.2) is 29.3 Å². The normalized spacial score (nSPS) is 12.1. The Morgan fingerprint density at radius 1 is 1.17 bits per heavy atom. The average Bonchev–Trinajstić information content (AvgIpc) is 2.55. The van der Waals surface area contributed by atoms with E-state index in [1.807, 2.05) is 32.2 Å². The van der Waals surface area contributed by atoms with E-state index >= 15 is 0 Å². The summed E-state index contributed by atoms with van der Waals surface area (Å²) < 4.78 is 41.6. The fourth-order valence-electron chi connectivity index (χ4n) is 2.25. The monoisotopic (exact) mass is 323 g/mol. The van der Waals surface area contributed by atoms with E-state index in [0.717, 1.165) is 29.8 Å². The number of hydrogen-bond donors (Lipinski definition) is 1. The van der Waals surface area contributed by atoms with Crippen molar-refractivity contribution in [3.05, 3.63) is 59.2 Å². The van der Waals surface area contributed by atoms with Gasteiger partial charge in [0.25, 0.3) is 5.91 Å². The highest BCUT2D eigenvalue weighted by Crippen LogP contribution is 2.20. The molecule has 0 bridgehead atoms. The maximum Gasteiger partial charge on any atom is 0.293 e. The average molecular weight is 323 g/mol. The number of aryl methyl sites for hydroxylation is 2. The number of carbonyl (C=O) groups is 1. The summed E-state index contributed by atoms with van der Waals surface area (Å²) in [5.74, 6) is -4.83. The highest BCUT2D eigenvalue weighted by molar-refractivity contribution is 5.92. The number of aromatic nitrogens is 1. The van der Waals surface area contributed by atoms with Crippen molar-refractivity contribution in [2.75, 3.05) is 5.32 Å². The minimum atomic E-state index is -1.60. The second kappa shape index (κ2) is 6.81. The van der Waals surface area contributed by atoms with Crippen LogP contribution in [0.5, 0.6) is 0 Å². The molecule has 0 radical (unpaired) electrons. The van der Waals surface area contributed by atoms with Gasteiger partial charge in [0.05, 0.1) is 5.69 Å². The van der Waals surface area contributed by atoms with Gasteiger partial charge in [-0.1, -0.05) is 6.92 Å². The van der Waals surface area contributed by atoms with E-state index in [4.69, 9.17) is 0 Å². The fourth-order valence-corrected chi connectivity index (χ4v) is 2.25. The van der Waals surface area contributed by atoms with E-state index < -0.39 is 29.4 Å². The van der Waals surface area contributed by atoms with Crippen LogP contribution in [0.25, 0.3) is 0 Å². The molecule has 2 aromatic rings. The zero-order valence-corrected chi connectivity index (χ0v) is 13.2. The summed E-state index contributed by atoms with van der Waals surface area (Å²) in [4.78, 5) is 12.3. The van der Waals surface area contributed by atoms with Crippen LogP contribution in [0.2, 0.25) is 0 Å². The molecule has 1 atom stereocenters. The van der Waals surface area contributed by atoms with Crippen molar-refractivity contribution in [3.63, 3.8) is 0 Å². The van der Waals surface area contributed by atoms with E-state index in [1.165, 1.54) is 0 Å². The summed E-state index contributed by atoms with van der Waals surface area (Å²) in [6, 6.07) is 4.99. The van der Waals surface area contributed by atoms with Crippen LogP contribution >= 0.6 is 0 Å². The van der Waals surface area contributed by atoms with Gasteiger partial charge in [0.1, 0.15) is 0 Å². The molecule has 122 valence electrons. The molecule has 1 aromatic carbocycles. The van der Waals surface area contributed by atoms with Gasteiger partial charge < -0.3 is 5.32 Å². The number of benzene rings is 1. The Labute approximate surface area is 132 Å². The van der Waals surface area contributed by atoms with Gasteiger partial charge >= 0.3 is 0 Å². The number of nitrogens with zero attached hydrogens (tertiary/aromatic N) is 1. The summed E-state index contributed by atoms with van der Waals surface area (Å²) in [6.07, 6.45) is 2.66. The second-order valence-electron chi connectivity index (χ2n) is 5.33. The zero-order chi connectivity index (χ0) is 17.1. The van der Waals surface area contributed by atoms with Crippen molar-refractivity contribution >= 4 is 11.6 Å². The Morgan fingerprint density at radius 3 is 2.52 bits per heavy atom. The Hall–Kier alpha value is -2.37. The minimum absolute atomic E-state index is 0.384. The molecule has 0 fully saturated rings. The van der Waals surface area contributed by atoms with Gasteiger partial charge in [-0.15, -0.1) is 0 Å². The van der Waals surface area contributed by atoms with Crippen molar-refractivity contribution in [2.45, 2.75) is 33.2 Å². The Kier molecular flexibility index (Phi) is 5.03. The number of hydrogen-bond acceptors (Lipinski definition) is 1. The fraction of sp³-hybridized carbons (Fsp3) is 0.294. The second-order valence-corrected chi connectivity index (χ2v) is 5.33. The molecule has 0 aliphatic rings. The Balaban J connectivity index is 2.26. The smallest absolute Gasteiger partial charge is 0.293 e. The topological polar surface area (TPSA) is 33.0 Å². The van der Waals surface area contributed by atoms with E-state index in [-0.39, 0.29) is 5.69 Å². The first-order valence-corrected chi connectivity index (χ1v) is 7.30. The van der Waals surface area contributed by atoms with Crippen LogP contribution in [0, 0.1) is 24.4 Å². The Morgan fingerprint density at radius 2 is 1.87 bits per heavy atom. The van der Waals surface area contributed by atoms with Crippen LogP contribution < -0.4 is 9.88 Å². The van der Waals surface area contributed by atoms with Crippen LogP contribution in [0.1, 0.15) is 31.1 Å². The maximum absolute atomic E-state index is 13.7. The number of anilines is 1. The highest BCUT2D eigenvalue weighted by atomic mass is 19.2. The van der Waals surface area contributed by atoms with Gasteiger partial charge in [-0.05, 0) is 24.6 Å². The number of carbonyl (C=O) groups excluding carboxylic acids is 1. The molecule has 0 saturated carbocycles. The molecule has 1 amide bonds. The summed E-state index contributed by atoms with van der Waals surface area (Å²) in [5, 5.41) is 2.30. The van der Waals surface area contributed by atoms with E-state index in [2.05, 4.69) is 5.32 Å². The largest absolute Gasteiger partial charge is 0.318 e. The predicted molar refractivity (Wildman–Crippen MR) is 80.4 cm³/mol. The van der Waals surface area contributed by atoms with Gasteiger partial charge in [0.2, 0.25) is 6.04 Å². The van der Waals surface area contributed by atoms with E-state index in [9.17, 15) is 18.0 Å². The first kappa shape index (κ1) is 17.0. The van der Waals surface area contributed by atoms with Crippen molar-refractivity contribution in [1.82, 2.24) is 0 Å². The van der Waals surface area contributed by atoms with Gasteiger partial charge in [-0.3, -0.25) is 4.79 Å². The minimum Gasteiger partial charge on any atom is -0.318 e. The third kappa shape index (κ3) is 3.52. The molecule has 0 spiro atoms. The first-order valence-electron chi connectivity index (χ1n) is 7.30. The van der Waals surface area contributed by atoms with E-state index in [1.54, 1.807) is 11.5 Å². The maximum atomic E-state index is 13.7. The van der Waals surface area contributed by atoms with Crippen LogP contribution in [0.3, 0.4) is 0 Å². The molecule has 3 nitrogen and oxygen atoms in total. The number of rotatable bonds is 4. The summed E-state index contributed by atoms with van der Waals surface area (Å²) in [5.41, 5.74) is 1.52. The van der Waals surface area contributed by atoms with Crippen molar-refractivity contribution in [3.8, 4) is 0 Å². The summed E-state index contributed by atoms with van der Waals surface area (Å²) in [6.45, 7) is 5.50. The predicted octanol–water partition coefficient (Wildman–Crippen LogP) is 3.46. The quantitative estimate of drug-likeness (QED) is 0.678. The number of pyridine rings is 1. The molecule has 1 N–H and O–H groups in total. The van der Waals surface area contributed by atoms with Crippen molar-refractivity contribution in [1.29, 1.82) is 0 Å². The molecule has 23 heavy (non-hydrogen) atoms. The lowest BCUT2D eigenvalue weighted by molar-refractivity contribution is -0.711. The molecule has 0 saturated heterocycles. The van der Waals surface area contributed by atoms with Crippen LogP contribution in [0.4, 0.5) is 18.9 Å².